The van der Waals surface area contributed by atoms with Gasteiger partial charge in [-0.15, -0.1) is 0 Å². The molecule has 0 atom stereocenters. The average Bonchev–Trinajstić information content (AvgIpc) is 2.54. The van der Waals surface area contributed by atoms with Crippen molar-refractivity contribution in [2.24, 2.45) is 0 Å². The molecule has 0 heterocycles. The van der Waals surface area contributed by atoms with Gasteiger partial charge in [-0.3, -0.25) is 9.59 Å². The van der Waals surface area contributed by atoms with Crippen LogP contribution in [0, 0.1) is 0 Å². The lowest BCUT2D eigenvalue weighted by molar-refractivity contribution is 0.101. The summed E-state index contributed by atoms with van der Waals surface area (Å²) < 4.78 is 10.8. The van der Waals surface area contributed by atoms with Crippen LogP contribution in [0.4, 0.5) is 0 Å². The number of Topliss-reactive ketones (excluding diaryl/α,β-unsaturated/α-hetero) is 1. The van der Waals surface area contributed by atoms with Crippen molar-refractivity contribution in [2.45, 2.75) is 6.92 Å². The predicted octanol–water partition coefficient (Wildman–Crippen LogP) is 4.82. The third-order valence-corrected chi connectivity index (χ3v) is 3.59. The second-order valence-electron chi connectivity index (χ2n) is 4.40. The van der Waals surface area contributed by atoms with Crippen molar-refractivity contribution in [3.05, 3.63) is 57.0 Å². The quantitative estimate of drug-likeness (QED) is 0.546. The first-order chi connectivity index (χ1) is 10.9. The van der Waals surface area contributed by atoms with E-state index in [1.165, 1.54) is 21.1 Å². The van der Waals surface area contributed by atoms with Crippen LogP contribution >= 0.6 is 27.5 Å². The molecule has 6 heteroatoms. The highest BCUT2D eigenvalue weighted by atomic mass is 79.9. The molecule has 0 fully saturated rings. The Morgan fingerprint density at radius 3 is 2.26 bits per heavy atom. The van der Waals surface area contributed by atoms with Gasteiger partial charge in [-0.05, 0) is 43.3 Å². The molecule has 23 heavy (non-hydrogen) atoms. The Labute approximate surface area is 148 Å². The van der Waals surface area contributed by atoms with Gasteiger partial charge in [0.2, 0.25) is 0 Å². The summed E-state index contributed by atoms with van der Waals surface area (Å²) >= 11 is 8.98. The Hall–Kier alpha value is -1.85. The van der Waals surface area contributed by atoms with Gasteiger partial charge >= 0.3 is 0 Å². The van der Waals surface area contributed by atoms with Crippen LogP contribution in [0.2, 0.25) is 5.02 Å². The van der Waals surface area contributed by atoms with Crippen LogP contribution in [-0.4, -0.2) is 26.3 Å². The monoisotopic (exact) mass is 398 g/mol. The zero-order valence-electron chi connectivity index (χ0n) is 12.9. The number of hydrogen-bond acceptors (Lipinski definition) is 4. The van der Waals surface area contributed by atoms with E-state index >= 15 is 0 Å². The lowest BCUT2D eigenvalue weighted by Crippen LogP contribution is -1.96. The molecule has 0 amide bonds. The van der Waals surface area contributed by atoms with Crippen LogP contribution in [0.5, 0.6) is 11.5 Å². The summed E-state index contributed by atoms with van der Waals surface area (Å²) in [6.07, 6.45) is 0.769. The number of aldehydes is 1. The Balaban J connectivity index is 0.000000231. The van der Waals surface area contributed by atoms with Crippen molar-refractivity contribution in [1.29, 1.82) is 0 Å². The molecule has 0 radical (unpaired) electrons. The maximum Gasteiger partial charge on any atom is 0.163 e. The summed E-state index contributed by atoms with van der Waals surface area (Å²) in [5.41, 5.74) is 1.12. The van der Waals surface area contributed by atoms with Crippen LogP contribution in [0.25, 0.3) is 0 Å². The van der Waals surface area contributed by atoms with Crippen molar-refractivity contribution in [3.8, 4) is 11.5 Å². The molecule has 0 unspecified atom stereocenters. The summed E-state index contributed by atoms with van der Waals surface area (Å²) in [5.74, 6) is 1.09. The van der Waals surface area contributed by atoms with Gasteiger partial charge in [-0.1, -0.05) is 27.5 Å². The summed E-state index contributed by atoms with van der Waals surface area (Å²) in [7, 11) is 3.05. The van der Waals surface area contributed by atoms with Gasteiger partial charge < -0.3 is 9.47 Å². The second kappa shape index (κ2) is 9.33. The van der Waals surface area contributed by atoms with Crippen LogP contribution in [0.1, 0.15) is 27.6 Å². The van der Waals surface area contributed by atoms with Gasteiger partial charge in [0, 0.05) is 9.50 Å². The zero-order chi connectivity index (χ0) is 17.4. The molecular weight excluding hydrogens is 384 g/mol. The number of ketones is 1. The van der Waals surface area contributed by atoms with Crippen molar-refractivity contribution in [1.82, 2.24) is 0 Å². The van der Waals surface area contributed by atoms with Crippen LogP contribution in [-0.2, 0) is 0 Å². The smallest absolute Gasteiger partial charge is 0.163 e. The van der Waals surface area contributed by atoms with Crippen LogP contribution in [0.15, 0.2) is 40.9 Å². The van der Waals surface area contributed by atoms with E-state index in [-0.39, 0.29) is 5.78 Å². The second-order valence-corrected chi connectivity index (χ2v) is 5.76. The van der Waals surface area contributed by atoms with Gasteiger partial charge in [0.25, 0.3) is 0 Å². The van der Waals surface area contributed by atoms with Crippen LogP contribution in [0.3, 0.4) is 0 Å². The number of hydrogen-bond donors (Lipinski definition) is 0. The number of carbonyl (C=O) groups excluding carboxylic acids is 2. The predicted molar refractivity (Wildman–Crippen MR) is 94.1 cm³/mol. The molecule has 122 valence electrons. The number of ether oxygens (including phenoxy) is 2. The molecule has 2 aromatic rings. The standard InChI is InChI=1S/C9H9ClO2.C8H7BrO2/c1-6(11)8-4-3-7(10)5-9(8)12-2;1-11-8-4-7(9)3-2-6(8)5-10/h3-5H,1-2H3;2-5H,1H3. The van der Waals surface area contributed by atoms with Gasteiger partial charge in [0.1, 0.15) is 11.5 Å². The SMILES string of the molecule is COc1cc(Br)ccc1C=O.COc1cc(Cl)ccc1C(C)=O. The summed E-state index contributed by atoms with van der Waals surface area (Å²) in [6.45, 7) is 1.49. The fourth-order valence-electron chi connectivity index (χ4n) is 1.74. The highest BCUT2D eigenvalue weighted by Gasteiger charge is 2.07. The Bertz CT molecular complexity index is 701. The van der Waals surface area contributed by atoms with Crippen molar-refractivity contribution in [3.63, 3.8) is 0 Å². The molecular formula is C17H16BrClO4. The molecule has 0 aliphatic rings. The number of rotatable bonds is 4. The van der Waals surface area contributed by atoms with Gasteiger partial charge in [-0.25, -0.2) is 0 Å². The first kappa shape index (κ1) is 19.2. The van der Waals surface area contributed by atoms with E-state index in [9.17, 15) is 9.59 Å². The fourth-order valence-corrected chi connectivity index (χ4v) is 2.24. The van der Waals surface area contributed by atoms with E-state index in [1.807, 2.05) is 0 Å². The fraction of sp³-hybridized carbons (Fsp3) is 0.176. The molecule has 0 aromatic heterocycles. The normalized spacial score (nSPS) is 9.43. The van der Waals surface area contributed by atoms with E-state index in [0.717, 1.165) is 10.8 Å². The third kappa shape index (κ3) is 5.69. The summed E-state index contributed by atoms with van der Waals surface area (Å²) in [4.78, 5) is 21.4. The van der Waals surface area contributed by atoms with E-state index in [0.29, 0.717) is 27.6 Å². The maximum atomic E-state index is 11.0. The topological polar surface area (TPSA) is 52.6 Å². The first-order valence-corrected chi connectivity index (χ1v) is 7.73. The average molecular weight is 400 g/mol. The van der Waals surface area contributed by atoms with E-state index < -0.39 is 0 Å². The molecule has 0 saturated heterocycles. The third-order valence-electron chi connectivity index (χ3n) is 2.87. The summed E-state index contributed by atoms with van der Waals surface area (Å²) in [6, 6.07) is 10.2. The number of benzene rings is 2. The lowest BCUT2D eigenvalue weighted by atomic mass is 10.1. The van der Waals surface area contributed by atoms with Gasteiger partial charge in [-0.2, -0.15) is 0 Å². The van der Waals surface area contributed by atoms with E-state index in [4.69, 9.17) is 21.1 Å². The highest BCUT2D eigenvalue weighted by Crippen LogP contribution is 2.23. The Morgan fingerprint density at radius 2 is 1.74 bits per heavy atom. The van der Waals surface area contributed by atoms with E-state index in [1.54, 1.807) is 36.4 Å². The zero-order valence-corrected chi connectivity index (χ0v) is 15.3. The molecule has 0 aliphatic carbocycles. The number of halogens is 2. The highest BCUT2D eigenvalue weighted by molar-refractivity contribution is 9.10. The maximum absolute atomic E-state index is 11.0. The van der Waals surface area contributed by atoms with Gasteiger partial charge in [0.05, 0.1) is 25.3 Å². The molecule has 2 aromatic carbocycles. The Kier molecular flexibility index (Phi) is 7.78. The molecule has 0 aliphatic heterocycles. The first-order valence-electron chi connectivity index (χ1n) is 6.56. The van der Waals surface area contributed by atoms with Crippen molar-refractivity contribution < 1.29 is 19.1 Å². The van der Waals surface area contributed by atoms with Crippen LogP contribution < -0.4 is 9.47 Å². The minimum absolute atomic E-state index is 0.0245. The van der Waals surface area contributed by atoms with Crippen molar-refractivity contribution in [2.75, 3.05) is 14.2 Å². The molecule has 4 nitrogen and oxygen atoms in total. The molecule has 2 rings (SSSR count). The van der Waals surface area contributed by atoms with E-state index in [2.05, 4.69) is 15.9 Å². The molecule has 0 N–H and O–H groups in total. The largest absolute Gasteiger partial charge is 0.496 e. The lowest BCUT2D eigenvalue weighted by Gasteiger charge is -2.04. The van der Waals surface area contributed by atoms with Gasteiger partial charge in [0.15, 0.2) is 12.1 Å². The number of carbonyl (C=O) groups is 2. The molecule has 0 bridgehead atoms. The molecule has 0 spiro atoms. The summed E-state index contributed by atoms with van der Waals surface area (Å²) in [5, 5.41) is 0.567. The minimum Gasteiger partial charge on any atom is -0.496 e. The van der Waals surface area contributed by atoms with Crippen molar-refractivity contribution >= 4 is 39.6 Å². The molecule has 0 saturated carbocycles. The number of methoxy groups -OCH3 is 2. The Morgan fingerprint density at radius 1 is 1.09 bits per heavy atom. The minimum atomic E-state index is -0.0245.